The van der Waals surface area contributed by atoms with Gasteiger partial charge in [-0.3, -0.25) is 0 Å². The molecule has 0 aliphatic rings. The number of para-hydroxylation sites is 1. The Morgan fingerprint density at radius 3 is 2.06 bits per heavy atom. The topological polar surface area (TPSA) is 44.5 Å². The van der Waals surface area contributed by atoms with Crippen LogP contribution in [-0.4, -0.2) is 7.11 Å². The van der Waals surface area contributed by atoms with Crippen LogP contribution in [0.3, 0.4) is 0 Å². The first-order chi connectivity index (χ1) is 8.29. The van der Waals surface area contributed by atoms with Crippen LogP contribution in [-0.2, 0) is 4.74 Å². The Balaban J connectivity index is 2.08. The van der Waals surface area contributed by atoms with Crippen molar-refractivity contribution < 1.29 is 9.47 Å². The lowest BCUT2D eigenvalue weighted by Crippen LogP contribution is -2.11. The maximum absolute atomic E-state index is 5.73. The summed E-state index contributed by atoms with van der Waals surface area (Å²) in [5, 5.41) is 0. The molecular formula is C14H15NO2. The van der Waals surface area contributed by atoms with Crippen molar-refractivity contribution in [3.8, 4) is 11.5 Å². The Bertz CT molecular complexity index is 453. The van der Waals surface area contributed by atoms with Gasteiger partial charge in [0.15, 0.2) is 0 Å². The molecule has 0 amide bonds. The average molecular weight is 229 g/mol. The minimum Gasteiger partial charge on any atom is -0.457 e. The molecule has 0 aromatic heterocycles. The molecule has 0 saturated carbocycles. The van der Waals surface area contributed by atoms with Gasteiger partial charge in [-0.25, -0.2) is 0 Å². The quantitative estimate of drug-likeness (QED) is 0.819. The first-order valence-corrected chi connectivity index (χ1v) is 5.41. The summed E-state index contributed by atoms with van der Waals surface area (Å²) in [6.07, 6.45) is -0.388. The lowest BCUT2D eigenvalue weighted by atomic mass is 10.2. The number of rotatable bonds is 4. The van der Waals surface area contributed by atoms with E-state index in [1.54, 1.807) is 7.11 Å². The highest BCUT2D eigenvalue weighted by molar-refractivity contribution is 5.33. The van der Waals surface area contributed by atoms with Crippen molar-refractivity contribution in [2.45, 2.75) is 6.23 Å². The molecule has 0 aliphatic heterocycles. The van der Waals surface area contributed by atoms with Crippen LogP contribution in [0.2, 0.25) is 0 Å². The van der Waals surface area contributed by atoms with Crippen molar-refractivity contribution in [3.63, 3.8) is 0 Å². The molecule has 1 atom stereocenters. The number of hydrogen-bond acceptors (Lipinski definition) is 3. The minimum atomic E-state index is -0.388. The van der Waals surface area contributed by atoms with Crippen LogP contribution in [0.5, 0.6) is 11.5 Å². The van der Waals surface area contributed by atoms with Gasteiger partial charge in [0.25, 0.3) is 0 Å². The maximum Gasteiger partial charge on any atom is 0.131 e. The zero-order valence-corrected chi connectivity index (χ0v) is 9.67. The van der Waals surface area contributed by atoms with Gasteiger partial charge in [0.05, 0.1) is 0 Å². The van der Waals surface area contributed by atoms with Gasteiger partial charge in [-0.05, 0) is 29.8 Å². The second kappa shape index (κ2) is 5.48. The molecule has 0 spiro atoms. The molecule has 2 N–H and O–H groups in total. The van der Waals surface area contributed by atoms with Gasteiger partial charge in [-0.2, -0.15) is 0 Å². The highest BCUT2D eigenvalue weighted by atomic mass is 16.5. The van der Waals surface area contributed by atoms with Crippen LogP contribution < -0.4 is 10.5 Å². The van der Waals surface area contributed by atoms with E-state index in [-0.39, 0.29) is 6.23 Å². The molecule has 0 radical (unpaired) electrons. The highest BCUT2D eigenvalue weighted by Crippen LogP contribution is 2.22. The predicted molar refractivity (Wildman–Crippen MR) is 66.9 cm³/mol. The summed E-state index contributed by atoms with van der Waals surface area (Å²) in [4.78, 5) is 0. The second-order valence-electron chi connectivity index (χ2n) is 3.64. The summed E-state index contributed by atoms with van der Waals surface area (Å²) in [5.74, 6) is 1.60. The van der Waals surface area contributed by atoms with E-state index in [1.807, 2.05) is 54.6 Å². The first-order valence-electron chi connectivity index (χ1n) is 5.41. The normalized spacial score (nSPS) is 12.1. The summed E-state index contributed by atoms with van der Waals surface area (Å²) in [6, 6.07) is 17.2. The summed E-state index contributed by atoms with van der Waals surface area (Å²) in [5.41, 5.74) is 6.66. The SMILES string of the molecule is COC(N)c1ccc(Oc2ccccc2)cc1. The Hall–Kier alpha value is -1.84. The Kier molecular flexibility index (Phi) is 3.75. The molecule has 88 valence electrons. The van der Waals surface area contributed by atoms with Crippen molar-refractivity contribution in [2.24, 2.45) is 5.73 Å². The fourth-order valence-electron chi connectivity index (χ4n) is 1.49. The molecule has 17 heavy (non-hydrogen) atoms. The van der Waals surface area contributed by atoms with Gasteiger partial charge in [0, 0.05) is 7.11 Å². The van der Waals surface area contributed by atoms with Crippen molar-refractivity contribution in [1.29, 1.82) is 0 Å². The van der Waals surface area contributed by atoms with Crippen molar-refractivity contribution >= 4 is 0 Å². The van der Waals surface area contributed by atoms with E-state index in [9.17, 15) is 0 Å². The van der Waals surface area contributed by atoms with E-state index in [0.717, 1.165) is 17.1 Å². The predicted octanol–water partition coefficient (Wildman–Crippen LogP) is 3.08. The molecule has 0 aliphatic carbocycles. The summed E-state index contributed by atoms with van der Waals surface area (Å²) < 4.78 is 10.7. The molecular weight excluding hydrogens is 214 g/mol. The Labute approximate surface area is 101 Å². The van der Waals surface area contributed by atoms with Crippen LogP contribution in [0.25, 0.3) is 0 Å². The number of nitrogens with two attached hydrogens (primary N) is 1. The van der Waals surface area contributed by atoms with Crippen molar-refractivity contribution in [2.75, 3.05) is 7.11 Å². The zero-order chi connectivity index (χ0) is 12.1. The molecule has 1 unspecified atom stereocenters. The molecule has 2 aromatic rings. The van der Waals surface area contributed by atoms with E-state index >= 15 is 0 Å². The molecule has 2 rings (SSSR count). The van der Waals surface area contributed by atoms with Crippen LogP contribution in [0.15, 0.2) is 54.6 Å². The molecule has 0 saturated heterocycles. The average Bonchev–Trinajstić information content (AvgIpc) is 2.40. The summed E-state index contributed by atoms with van der Waals surface area (Å²) in [7, 11) is 1.58. The monoisotopic (exact) mass is 229 g/mol. The summed E-state index contributed by atoms with van der Waals surface area (Å²) >= 11 is 0. The fraction of sp³-hybridized carbons (Fsp3) is 0.143. The smallest absolute Gasteiger partial charge is 0.131 e. The van der Waals surface area contributed by atoms with Crippen LogP contribution >= 0.6 is 0 Å². The highest BCUT2D eigenvalue weighted by Gasteiger charge is 2.03. The van der Waals surface area contributed by atoms with Crippen LogP contribution in [0.1, 0.15) is 11.8 Å². The van der Waals surface area contributed by atoms with E-state index in [1.165, 1.54) is 0 Å². The number of methoxy groups -OCH3 is 1. The summed E-state index contributed by atoms with van der Waals surface area (Å²) in [6.45, 7) is 0. The van der Waals surface area contributed by atoms with Gasteiger partial charge in [-0.15, -0.1) is 0 Å². The van der Waals surface area contributed by atoms with Crippen LogP contribution in [0, 0.1) is 0 Å². The third-order valence-electron chi connectivity index (χ3n) is 2.44. The molecule has 2 aromatic carbocycles. The zero-order valence-electron chi connectivity index (χ0n) is 9.67. The maximum atomic E-state index is 5.73. The number of hydrogen-bond donors (Lipinski definition) is 1. The van der Waals surface area contributed by atoms with Crippen molar-refractivity contribution in [1.82, 2.24) is 0 Å². The number of ether oxygens (including phenoxy) is 2. The Morgan fingerprint density at radius 1 is 0.882 bits per heavy atom. The first kappa shape index (κ1) is 11.6. The van der Waals surface area contributed by atoms with Crippen LogP contribution in [0.4, 0.5) is 0 Å². The van der Waals surface area contributed by atoms with E-state index in [2.05, 4.69) is 0 Å². The molecule has 3 nitrogen and oxygen atoms in total. The van der Waals surface area contributed by atoms with E-state index in [0.29, 0.717) is 0 Å². The van der Waals surface area contributed by atoms with Gasteiger partial charge in [0.1, 0.15) is 17.7 Å². The third kappa shape index (κ3) is 3.06. The van der Waals surface area contributed by atoms with E-state index < -0.39 is 0 Å². The van der Waals surface area contributed by atoms with Crippen molar-refractivity contribution in [3.05, 3.63) is 60.2 Å². The largest absolute Gasteiger partial charge is 0.457 e. The molecule has 3 heteroatoms. The van der Waals surface area contributed by atoms with Gasteiger partial charge in [-0.1, -0.05) is 30.3 Å². The molecule has 0 bridgehead atoms. The lowest BCUT2D eigenvalue weighted by molar-refractivity contribution is 0.109. The lowest BCUT2D eigenvalue weighted by Gasteiger charge is -2.10. The second-order valence-corrected chi connectivity index (χ2v) is 3.64. The third-order valence-corrected chi connectivity index (χ3v) is 2.44. The standard InChI is InChI=1S/C14H15NO2/c1-16-14(15)11-7-9-13(10-8-11)17-12-5-3-2-4-6-12/h2-10,14H,15H2,1H3. The Morgan fingerprint density at radius 2 is 1.47 bits per heavy atom. The van der Waals surface area contributed by atoms with Gasteiger partial charge >= 0.3 is 0 Å². The van der Waals surface area contributed by atoms with Gasteiger partial charge < -0.3 is 15.2 Å². The van der Waals surface area contributed by atoms with E-state index in [4.69, 9.17) is 15.2 Å². The minimum absolute atomic E-state index is 0.388. The fourth-order valence-corrected chi connectivity index (χ4v) is 1.49. The number of benzene rings is 2. The molecule has 0 heterocycles. The molecule has 0 fully saturated rings. The van der Waals surface area contributed by atoms with Gasteiger partial charge in [0.2, 0.25) is 0 Å².